The highest BCUT2D eigenvalue weighted by molar-refractivity contribution is 5.75. The van der Waals surface area contributed by atoms with Crippen LogP contribution in [-0.4, -0.2) is 4.98 Å². The molecule has 0 saturated carbocycles. The number of rotatable bonds is 1. The van der Waals surface area contributed by atoms with E-state index in [0.29, 0.717) is 5.69 Å². The van der Waals surface area contributed by atoms with Crippen molar-refractivity contribution in [2.24, 2.45) is 0 Å². The summed E-state index contributed by atoms with van der Waals surface area (Å²) in [7, 11) is 0. The molecule has 0 bridgehead atoms. The van der Waals surface area contributed by atoms with E-state index in [1.807, 2.05) is 13.0 Å². The van der Waals surface area contributed by atoms with Gasteiger partial charge in [0.25, 0.3) is 0 Å². The molecule has 2 aromatic rings. The molecule has 0 atom stereocenters. The Morgan fingerprint density at radius 3 is 2.73 bits per heavy atom. The van der Waals surface area contributed by atoms with Crippen molar-refractivity contribution in [3.63, 3.8) is 0 Å². The smallest absolute Gasteiger partial charge is 0.124 e. The van der Waals surface area contributed by atoms with E-state index < -0.39 is 0 Å². The fourth-order valence-electron chi connectivity index (χ4n) is 1.54. The first-order valence-electron chi connectivity index (χ1n) is 4.64. The first kappa shape index (κ1) is 9.65. The van der Waals surface area contributed by atoms with Crippen LogP contribution in [0.25, 0.3) is 11.1 Å². The van der Waals surface area contributed by atoms with Crippen LogP contribution in [0.2, 0.25) is 0 Å². The summed E-state index contributed by atoms with van der Waals surface area (Å²) in [6.07, 6.45) is 3.26. The highest BCUT2D eigenvalue weighted by Gasteiger charge is 2.04. The summed E-state index contributed by atoms with van der Waals surface area (Å²) in [5.74, 6) is -0.256. The van der Waals surface area contributed by atoms with Crippen molar-refractivity contribution in [1.29, 1.82) is 0 Å². The van der Waals surface area contributed by atoms with Crippen molar-refractivity contribution >= 4 is 5.69 Å². The predicted octanol–water partition coefficient (Wildman–Crippen LogP) is 2.78. The number of hydrogen-bond donors (Lipinski definition) is 1. The van der Waals surface area contributed by atoms with Crippen LogP contribution >= 0.6 is 0 Å². The Morgan fingerprint density at radius 2 is 2.07 bits per heavy atom. The zero-order valence-electron chi connectivity index (χ0n) is 8.37. The van der Waals surface area contributed by atoms with Crippen LogP contribution in [0.15, 0.2) is 36.7 Å². The van der Waals surface area contributed by atoms with E-state index in [1.54, 1.807) is 18.5 Å². The number of halogens is 1. The minimum atomic E-state index is -0.256. The van der Waals surface area contributed by atoms with Crippen LogP contribution in [0, 0.1) is 12.7 Å². The van der Waals surface area contributed by atoms with Crippen LogP contribution in [-0.2, 0) is 0 Å². The highest BCUT2D eigenvalue weighted by atomic mass is 19.1. The maximum absolute atomic E-state index is 13.2. The second-order valence-electron chi connectivity index (χ2n) is 3.48. The lowest BCUT2D eigenvalue weighted by atomic mass is 10.0. The Bertz CT molecular complexity index is 474. The van der Waals surface area contributed by atoms with Crippen molar-refractivity contribution < 1.29 is 4.39 Å². The number of nitrogens with two attached hydrogens (primary N) is 1. The lowest BCUT2D eigenvalue weighted by Gasteiger charge is -2.05. The fraction of sp³-hybridized carbons (Fsp3) is 0.0833. The quantitative estimate of drug-likeness (QED) is 0.772. The first-order valence-corrected chi connectivity index (χ1v) is 4.64. The third kappa shape index (κ3) is 1.96. The predicted molar refractivity (Wildman–Crippen MR) is 58.8 cm³/mol. The van der Waals surface area contributed by atoms with Crippen LogP contribution < -0.4 is 5.73 Å². The largest absolute Gasteiger partial charge is 0.398 e. The molecule has 0 amide bonds. The van der Waals surface area contributed by atoms with Gasteiger partial charge in [-0.1, -0.05) is 6.07 Å². The summed E-state index contributed by atoms with van der Waals surface area (Å²) in [4.78, 5) is 3.98. The Morgan fingerprint density at radius 1 is 1.27 bits per heavy atom. The van der Waals surface area contributed by atoms with Gasteiger partial charge >= 0.3 is 0 Å². The number of aryl methyl sites for hydroxylation is 1. The Labute approximate surface area is 87.6 Å². The summed E-state index contributed by atoms with van der Waals surface area (Å²) in [6, 6.07) is 6.53. The average Bonchev–Trinajstić information content (AvgIpc) is 2.16. The summed E-state index contributed by atoms with van der Waals surface area (Å²) in [5, 5.41) is 0. The van der Waals surface area contributed by atoms with Gasteiger partial charge in [0.1, 0.15) is 5.82 Å². The maximum Gasteiger partial charge on any atom is 0.124 e. The molecule has 1 heterocycles. The fourth-order valence-corrected chi connectivity index (χ4v) is 1.54. The minimum Gasteiger partial charge on any atom is -0.398 e. The van der Waals surface area contributed by atoms with Gasteiger partial charge in [0.2, 0.25) is 0 Å². The van der Waals surface area contributed by atoms with Crippen LogP contribution in [0.3, 0.4) is 0 Å². The second-order valence-corrected chi connectivity index (χ2v) is 3.48. The molecule has 3 heteroatoms. The molecule has 0 spiro atoms. The Balaban J connectivity index is 2.59. The Hall–Kier alpha value is -1.90. The van der Waals surface area contributed by atoms with Crippen LogP contribution in [0.4, 0.5) is 10.1 Å². The second kappa shape index (κ2) is 3.69. The number of nitrogens with zero attached hydrogens (tertiary/aromatic N) is 1. The molecule has 15 heavy (non-hydrogen) atoms. The number of pyridine rings is 1. The van der Waals surface area contributed by atoms with Gasteiger partial charge in [-0.3, -0.25) is 4.98 Å². The summed E-state index contributed by atoms with van der Waals surface area (Å²) < 4.78 is 13.2. The zero-order chi connectivity index (χ0) is 10.8. The molecule has 1 aromatic heterocycles. The van der Waals surface area contributed by atoms with E-state index in [1.165, 1.54) is 12.1 Å². The van der Waals surface area contributed by atoms with E-state index in [2.05, 4.69) is 4.98 Å². The third-order valence-electron chi connectivity index (χ3n) is 2.21. The molecule has 0 radical (unpaired) electrons. The average molecular weight is 202 g/mol. The Kier molecular flexibility index (Phi) is 2.37. The molecule has 0 unspecified atom stereocenters. The molecule has 2 rings (SSSR count). The molecule has 0 aliphatic carbocycles. The molecule has 0 fully saturated rings. The lowest BCUT2D eigenvalue weighted by Crippen LogP contribution is -1.91. The van der Waals surface area contributed by atoms with Crippen LogP contribution in [0.5, 0.6) is 0 Å². The standard InChI is InChI=1S/C12H11FN2/c1-8-4-9(6-10(13)5-8)11-7-15-3-2-12(11)14/h2-7H,1H3,(H2,14,15). The summed E-state index contributed by atoms with van der Waals surface area (Å²) in [5.41, 5.74) is 8.79. The first-order chi connectivity index (χ1) is 7.16. The van der Waals surface area contributed by atoms with Crippen molar-refractivity contribution in [1.82, 2.24) is 4.98 Å². The summed E-state index contributed by atoms with van der Waals surface area (Å²) in [6.45, 7) is 1.85. The molecule has 0 aliphatic heterocycles. The van der Waals surface area contributed by atoms with E-state index >= 15 is 0 Å². The molecule has 2 nitrogen and oxygen atoms in total. The molecule has 76 valence electrons. The van der Waals surface area contributed by atoms with Crippen molar-refractivity contribution in [3.05, 3.63) is 48.0 Å². The molecule has 0 aliphatic rings. The number of nitrogen functional groups attached to an aromatic ring is 1. The highest BCUT2D eigenvalue weighted by Crippen LogP contribution is 2.25. The van der Waals surface area contributed by atoms with Gasteiger partial charge < -0.3 is 5.73 Å². The van der Waals surface area contributed by atoms with Gasteiger partial charge in [0.15, 0.2) is 0 Å². The third-order valence-corrected chi connectivity index (χ3v) is 2.21. The zero-order valence-corrected chi connectivity index (χ0v) is 8.37. The van der Waals surface area contributed by atoms with Crippen molar-refractivity contribution in [2.75, 3.05) is 5.73 Å². The molecule has 2 N–H and O–H groups in total. The number of anilines is 1. The molecular formula is C12H11FN2. The monoisotopic (exact) mass is 202 g/mol. The van der Waals surface area contributed by atoms with Crippen molar-refractivity contribution in [3.8, 4) is 11.1 Å². The van der Waals surface area contributed by atoms with E-state index in [4.69, 9.17) is 5.73 Å². The van der Waals surface area contributed by atoms with E-state index in [0.717, 1.165) is 16.7 Å². The SMILES string of the molecule is Cc1cc(F)cc(-c2cnccc2N)c1. The van der Waals surface area contributed by atoms with E-state index in [9.17, 15) is 4.39 Å². The normalized spacial score (nSPS) is 10.3. The lowest BCUT2D eigenvalue weighted by molar-refractivity contribution is 0.627. The molecule has 1 aromatic carbocycles. The van der Waals surface area contributed by atoms with E-state index in [-0.39, 0.29) is 5.82 Å². The van der Waals surface area contributed by atoms with Crippen LogP contribution in [0.1, 0.15) is 5.56 Å². The number of hydrogen-bond acceptors (Lipinski definition) is 2. The maximum atomic E-state index is 13.2. The van der Waals surface area contributed by atoms with Gasteiger partial charge in [-0.2, -0.15) is 0 Å². The molecule has 0 saturated heterocycles. The number of aromatic nitrogens is 1. The van der Waals surface area contributed by atoms with Gasteiger partial charge in [-0.15, -0.1) is 0 Å². The minimum absolute atomic E-state index is 0.256. The van der Waals surface area contributed by atoms with Crippen molar-refractivity contribution in [2.45, 2.75) is 6.92 Å². The topological polar surface area (TPSA) is 38.9 Å². The van der Waals surface area contributed by atoms with Gasteiger partial charge in [0.05, 0.1) is 0 Å². The van der Waals surface area contributed by atoms with Gasteiger partial charge in [-0.05, 0) is 36.2 Å². The molecular weight excluding hydrogens is 191 g/mol. The van der Waals surface area contributed by atoms with Gasteiger partial charge in [-0.25, -0.2) is 4.39 Å². The summed E-state index contributed by atoms with van der Waals surface area (Å²) >= 11 is 0. The number of benzene rings is 1. The van der Waals surface area contributed by atoms with Gasteiger partial charge in [0, 0.05) is 23.6 Å².